The molecule has 5 nitrogen and oxygen atoms in total. The fourth-order valence-corrected chi connectivity index (χ4v) is 2.61. The van der Waals surface area contributed by atoms with Crippen molar-refractivity contribution in [2.24, 2.45) is 0 Å². The summed E-state index contributed by atoms with van der Waals surface area (Å²) in [6.07, 6.45) is 3.47. The molecule has 2 aromatic rings. The van der Waals surface area contributed by atoms with E-state index in [1.807, 2.05) is 35.9 Å². The van der Waals surface area contributed by atoms with Crippen LogP contribution in [0.15, 0.2) is 24.3 Å². The number of hydrogen-bond acceptors (Lipinski definition) is 4. The SMILES string of the molecule is Cc1cccc(OCCn2nnc(C#N)c2C2CCC2)c1. The van der Waals surface area contributed by atoms with Crippen LogP contribution >= 0.6 is 0 Å². The summed E-state index contributed by atoms with van der Waals surface area (Å²) in [4.78, 5) is 0. The predicted molar refractivity (Wildman–Crippen MR) is 78.0 cm³/mol. The molecule has 1 aromatic heterocycles. The summed E-state index contributed by atoms with van der Waals surface area (Å²) in [7, 11) is 0. The van der Waals surface area contributed by atoms with Crippen molar-refractivity contribution < 1.29 is 4.74 Å². The van der Waals surface area contributed by atoms with Gasteiger partial charge in [-0.1, -0.05) is 23.8 Å². The van der Waals surface area contributed by atoms with Crippen LogP contribution in [0.25, 0.3) is 0 Å². The average Bonchev–Trinajstić information content (AvgIpc) is 2.80. The molecule has 0 spiro atoms. The first-order valence-corrected chi connectivity index (χ1v) is 7.31. The number of rotatable bonds is 5. The summed E-state index contributed by atoms with van der Waals surface area (Å²) in [5.74, 6) is 1.30. The third-order valence-corrected chi connectivity index (χ3v) is 3.93. The van der Waals surface area contributed by atoms with Crippen molar-refractivity contribution in [3.8, 4) is 11.8 Å². The van der Waals surface area contributed by atoms with Gasteiger partial charge in [-0.05, 0) is 37.5 Å². The zero-order chi connectivity index (χ0) is 14.7. The molecule has 1 aliphatic rings. The largest absolute Gasteiger partial charge is 0.492 e. The van der Waals surface area contributed by atoms with Crippen molar-refractivity contribution in [3.05, 3.63) is 41.2 Å². The smallest absolute Gasteiger partial charge is 0.186 e. The molecule has 108 valence electrons. The number of aromatic nitrogens is 3. The lowest BCUT2D eigenvalue weighted by Crippen LogP contribution is -2.19. The van der Waals surface area contributed by atoms with E-state index in [0.29, 0.717) is 24.8 Å². The quantitative estimate of drug-likeness (QED) is 0.846. The second-order valence-electron chi connectivity index (χ2n) is 5.45. The van der Waals surface area contributed by atoms with Crippen LogP contribution in [0, 0.1) is 18.3 Å². The molecule has 1 heterocycles. The van der Waals surface area contributed by atoms with E-state index in [1.54, 1.807) is 0 Å². The molecule has 1 saturated carbocycles. The summed E-state index contributed by atoms with van der Waals surface area (Å²) in [5, 5.41) is 17.2. The number of aryl methyl sites for hydroxylation is 1. The van der Waals surface area contributed by atoms with Gasteiger partial charge in [0.25, 0.3) is 0 Å². The van der Waals surface area contributed by atoms with Crippen LogP contribution in [0.5, 0.6) is 5.75 Å². The Balaban J connectivity index is 1.65. The molecule has 0 N–H and O–H groups in total. The van der Waals surface area contributed by atoms with Gasteiger partial charge in [-0.2, -0.15) is 5.26 Å². The van der Waals surface area contributed by atoms with Crippen LogP contribution < -0.4 is 4.74 Å². The first kappa shape index (κ1) is 13.6. The Bertz CT molecular complexity index is 667. The molecular weight excluding hydrogens is 264 g/mol. The Labute approximate surface area is 124 Å². The molecular formula is C16H18N4O. The van der Waals surface area contributed by atoms with Crippen LogP contribution in [0.1, 0.15) is 42.1 Å². The first-order valence-electron chi connectivity index (χ1n) is 7.31. The summed E-state index contributed by atoms with van der Waals surface area (Å²) >= 11 is 0. The van der Waals surface area contributed by atoms with Gasteiger partial charge in [0.05, 0.1) is 12.2 Å². The average molecular weight is 282 g/mol. The normalized spacial score (nSPS) is 14.5. The minimum absolute atomic E-state index is 0.439. The van der Waals surface area contributed by atoms with E-state index in [2.05, 4.69) is 16.4 Å². The molecule has 0 amide bonds. The molecule has 0 atom stereocenters. The second-order valence-corrected chi connectivity index (χ2v) is 5.45. The molecule has 1 aliphatic carbocycles. The van der Waals surface area contributed by atoms with Crippen molar-refractivity contribution in [1.29, 1.82) is 5.26 Å². The molecule has 0 aliphatic heterocycles. The van der Waals surface area contributed by atoms with Crippen LogP contribution in [-0.2, 0) is 6.54 Å². The van der Waals surface area contributed by atoms with Gasteiger partial charge in [0.15, 0.2) is 5.69 Å². The van der Waals surface area contributed by atoms with E-state index < -0.39 is 0 Å². The van der Waals surface area contributed by atoms with Gasteiger partial charge in [0.1, 0.15) is 18.4 Å². The van der Waals surface area contributed by atoms with Gasteiger partial charge in [-0.25, -0.2) is 4.68 Å². The van der Waals surface area contributed by atoms with Crippen LogP contribution in [-0.4, -0.2) is 21.6 Å². The summed E-state index contributed by atoms with van der Waals surface area (Å²) < 4.78 is 7.58. The highest BCUT2D eigenvalue weighted by molar-refractivity contribution is 5.29. The number of ether oxygens (including phenoxy) is 1. The number of hydrogen-bond donors (Lipinski definition) is 0. The van der Waals surface area contributed by atoms with Crippen molar-refractivity contribution in [1.82, 2.24) is 15.0 Å². The van der Waals surface area contributed by atoms with Crippen LogP contribution in [0.2, 0.25) is 0 Å². The molecule has 21 heavy (non-hydrogen) atoms. The molecule has 3 rings (SSSR count). The fourth-order valence-electron chi connectivity index (χ4n) is 2.61. The van der Waals surface area contributed by atoms with Gasteiger partial charge in [0, 0.05) is 5.92 Å². The van der Waals surface area contributed by atoms with Gasteiger partial charge >= 0.3 is 0 Å². The standard InChI is InChI=1S/C16H18N4O/c1-12-4-2-7-14(10-12)21-9-8-20-16(13-5-3-6-13)15(11-17)18-19-20/h2,4,7,10,13H,3,5-6,8-9H2,1H3. The van der Waals surface area contributed by atoms with Crippen molar-refractivity contribution in [2.75, 3.05) is 6.61 Å². The summed E-state index contributed by atoms with van der Waals surface area (Å²) in [6.45, 7) is 3.18. The molecule has 5 heteroatoms. The second kappa shape index (κ2) is 5.96. The van der Waals surface area contributed by atoms with Crippen LogP contribution in [0.3, 0.4) is 0 Å². The predicted octanol–water partition coefficient (Wildman–Crippen LogP) is 2.80. The van der Waals surface area contributed by atoms with Gasteiger partial charge in [0.2, 0.25) is 0 Å². The highest BCUT2D eigenvalue weighted by atomic mass is 16.5. The van der Waals surface area contributed by atoms with Gasteiger partial charge in [-0.15, -0.1) is 5.10 Å². The van der Waals surface area contributed by atoms with E-state index in [4.69, 9.17) is 10.00 Å². The monoisotopic (exact) mass is 282 g/mol. The van der Waals surface area contributed by atoms with E-state index in [9.17, 15) is 0 Å². The zero-order valence-corrected chi connectivity index (χ0v) is 12.1. The van der Waals surface area contributed by atoms with Gasteiger partial charge < -0.3 is 4.74 Å². The summed E-state index contributed by atoms with van der Waals surface area (Å²) in [5.41, 5.74) is 2.63. The highest BCUT2D eigenvalue weighted by Gasteiger charge is 2.27. The van der Waals surface area contributed by atoms with E-state index in [-0.39, 0.29) is 0 Å². The Hall–Kier alpha value is -2.35. The molecule has 0 radical (unpaired) electrons. The first-order chi connectivity index (χ1) is 10.3. The highest BCUT2D eigenvalue weighted by Crippen LogP contribution is 2.37. The maximum Gasteiger partial charge on any atom is 0.186 e. The van der Waals surface area contributed by atoms with E-state index in [0.717, 1.165) is 24.3 Å². The van der Waals surface area contributed by atoms with E-state index >= 15 is 0 Å². The minimum Gasteiger partial charge on any atom is -0.492 e. The zero-order valence-electron chi connectivity index (χ0n) is 12.1. The van der Waals surface area contributed by atoms with Crippen molar-refractivity contribution in [2.45, 2.75) is 38.6 Å². The maximum absolute atomic E-state index is 9.14. The minimum atomic E-state index is 0.439. The third-order valence-electron chi connectivity index (χ3n) is 3.93. The van der Waals surface area contributed by atoms with Crippen molar-refractivity contribution in [3.63, 3.8) is 0 Å². The van der Waals surface area contributed by atoms with Gasteiger partial charge in [-0.3, -0.25) is 0 Å². The lowest BCUT2D eigenvalue weighted by Gasteiger charge is -2.25. The number of nitrogens with zero attached hydrogens (tertiary/aromatic N) is 4. The number of nitriles is 1. The molecule has 0 bridgehead atoms. The molecule has 0 unspecified atom stereocenters. The van der Waals surface area contributed by atoms with E-state index in [1.165, 1.54) is 12.0 Å². The molecule has 1 fully saturated rings. The summed E-state index contributed by atoms with van der Waals surface area (Å²) in [6, 6.07) is 10.1. The number of benzene rings is 1. The molecule has 1 aromatic carbocycles. The topological polar surface area (TPSA) is 63.7 Å². The Morgan fingerprint density at radius 3 is 2.95 bits per heavy atom. The van der Waals surface area contributed by atoms with Crippen molar-refractivity contribution >= 4 is 0 Å². The Kier molecular flexibility index (Phi) is 3.87. The Morgan fingerprint density at radius 1 is 1.43 bits per heavy atom. The maximum atomic E-state index is 9.14. The molecule has 0 saturated heterocycles. The lowest BCUT2D eigenvalue weighted by atomic mass is 9.82. The van der Waals surface area contributed by atoms with Crippen LogP contribution in [0.4, 0.5) is 0 Å². The fraction of sp³-hybridized carbons (Fsp3) is 0.438. The Morgan fingerprint density at radius 2 is 2.29 bits per heavy atom. The third kappa shape index (κ3) is 2.89. The lowest BCUT2D eigenvalue weighted by molar-refractivity contribution is 0.281.